The van der Waals surface area contributed by atoms with Crippen LogP contribution in [0, 0.1) is 0 Å². The molecule has 5 heteroatoms. The summed E-state index contributed by atoms with van der Waals surface area (Å²) in [6.07, 6.45) is 4.49. The molecule has 92 valence electrons. The van der Waals surface area contributed by atoms with Crippen molar-refractivity contribution < 1.29 is 4.79 Å². The van der Waals surface area contributed by atoms with Gasteiger partial charge in [-0.25, -0.2) is 4.98 Å². The van der Waals surface area contributed by atoms with Crippen molar-refractivity contribution in [3.63, 3.8) is 0 Å². The number of hydrogen-bond donors (Lipinski definition) is 1. The number of nitrogens with two attached hydrogens (primary N) is 1. The lowest BCUT2D eigenvalue weighted by Crippen LogP contribution is -2.31. The Morgan fingerprint density at radius 1 is 1.39 bits per heavy atom. The summed E-state index contributed by atoms with van der Waals surface area (Å²) in [7, 11) is 0. The van der Waals surface area contributed by atoms with E-state index in [4.69, 9.17) is 5.73 Å². The first-order valence-electron chi connectivity index (χ1n) is 5.65. The van der Waals surface area contributed by atoms with Gasteiger partial charge in [-0.1, -0.05) is 6.07 Å². The molecule has 0 radical (unpaired) electrons. The third kappa shape index (κ3) is 2.45. The van der Waals surface area contributed by atoms with Gasteiger partial charge in [-0.05, 0) is 25.1 Å². The summed E-state index contributed by atoms with van der Waals surface area (Å²) in [5.41, 5.74) is 7.43. The van der Waals surface area contributed by atoms with E-state index in [9.17, 15) is 4.79 Å². The molecule has 2 N–H and O–H groups in total. The first kappa shape index (κ1) is 12.0. The van der Waals surface area contributed by atoms with E-state index in [2.05, 4.69) is 9.97 Å². The van der Waals surface area contributed by atoms with Crippen LogP contribution in [0.4, 0.5) is 11.4 Å². The van der Waals surface area contributed by atoms with Crippen LogP contribution < -0.4 is 10.6 Å². The standard InChI is InChI=1S/C13H14N4O/c1-2-17(11-5-3-4-10(14)8-11)13(18)12-9-15-6-7-16-12/h3-9H,2,14H2,1H3. The lowest BCUT2D eigenvalue weighted by molar-refractivity contribution is 0.0983. The van der Waals surface area contributed by atoms with Gasteiger partial charge in [0.2, 0.25) is 0 Å². The van der Waals surface area contributed by atoms with E-state index >= 15 is 0 Å². The van der Waals surface area contributed by atoms with Crippen LogP contribution in [0.1, 0.15) is 17.4 Å². The van der Waals surface area contributed by atoms with Crippen LogP contribution >= 0.6 is 0 Å². The van der Waals surface area contributed by atoms with Gasteiger partial charge in [0.15, 0.2) is 0 Å². The predicted molar refractivity (Wildman–Crippen MR) is 70.2 cm³/mol. The predicted octanol–water partition coefficient (Wildman–Crippen LogP) is 1.73. The Bertz CT molecular complexity index is 542. The Labute approximate surface area is 105 Å². The molecule has 0 saturated heterocycles. The number of hydrogen-bond acceptors (Lipinski definition) is 4. The van der Waals surface area contributed by atoms with Gasteiger partial charge in [0.1, 0.15) is 5.69 Å². The van der Waals surface area contributed by atoms with Crippen molar-refractivity contribution in [1.29, 1.82) is 0 Å². The van der Waals surface area contributed by atoms with Crippen molar-refractivity contribution in [2.45, 2.75) is 6.92 Å². The third-order valence-electron chi connectivity index (χ3n) is 2.53. The van der Waals surface area contributed by atoms with Gasteiger partial charge < -0.3 is 10.6 Å². The summed E-state index contributed by atoms with van der Waals surface area (Å²) >= 11 is 0. The highest BCUT2D eigenvalue weighted by molar-refractivity contribution is 6.04. The summed E-state index contributed by atoms with van der Waals surface area (Å²) in [5.74, 6) is -0.184. The fraction of sp³-hybridized carbons (Fsp3) is 0.154. The van der Waals surface area contributed by atoms with Crippen LogP contribution in [0.25, 0.3) is 0 Å². The quantitative estimate of drug-likeness (QED) is 0.832. The van der Waals surface area contributed by atoms with E-state index in [0.717, 1.165) is 5.69 Å². The molecule has 0 atom stereocenters. The minimum absolute atomic E-state index is 0.184. The molecular weight excluding hydrogens is 228 g/mol. The number of benzene rings is 1. The summed E-state index contributed by atoms with van der Waals surface area (Å²) in [6, 6.07) is 7.20. The zero-order valence-electron chi connectivity index (χ0n) is 10.1. The normalized spacial score (nSPS) is 10.1. The number of aromatic nitrogens is 2. The smallest absolute Gasteiger partial charge is 0.278 e. The molecule has 2 rings (SSSR count). The van der Waals surface area contributed by atoms with Crippen molar-refractivity contribution in [2.24, 2.45) is 0 Å². The fourth-order valence-electron chi connectivity index (χ4n) is 1.68. The number of rotatable bonds is 3. The number of nitrogens with zero attached hydrogens (tertiary/aromatic N) is 3. The van der Waals surface area contributed by atoms with Gasteiger partial charge in [0.25, 0.3) is 5.91 Å². The SMILES string of the molecule is CCN(C(=O)c1cnccn1)c1cccc(N)c1. The van der Waals surface area contributed by atoms with Crippen LogP contribution in [-0.2, 0) is 0 Å². The maximum Gasteiger partial charge on any atom is 0.278 e. The topological polar surface area (TPSA) is 72.1 Å². The highest BCUT2D eigenvalue weighted by Gasteiger charge is 2.17. The van der Waals surface area contributed by atoms with E-state index in [1.54, 1.807) is 17.0 Å². The van der Waals surface area contributed by atoms with Gasteiger partial charge >= 0.3 is 0 Å². The van der Waals surface area contributed by atoms with Crippen LogP contribution in [-0.4, -0.2) is 22.4 Å². The highest BCUT2D eigenvalue weighted by Crippen LogP contribution is 2.18. The van der Waals surface area contributed by atoms with Crippen LogP contribution in [0.15, 0.2) is 42.9 Å². The minimum Gasteiger partial charge on any atom is -0.399 e. The molecule has 0 aliphatic carbocycles. The first-order valence-corrected chi connectivity index (χ1v) is 5.65. The van der Waals surface area contributed by atoms with E-state index < -0.39 is 0 Å². The molecule has 0 aliphatic heterocycles. The monoisotopic (exact) mass is 242 g/mol. The summed E-state index contributed by atoms with van der Waals surface area (Å²) < 4.78 is 0. The molecule has 0 spiro atoms. The zero-order chi connectivity index (χ0) is 13.0. The Hall–Kier alpha value is -2.43. The second kappa shape index (κ2) is 5.27. The largest absolute Gasteiger partial charge is 0.399 e. The van der Waals surface area contributed by atoms with Crippen molar-refractivity contribution >= 4 is 17.3 Å². The molecule has 0 unspecified atom stereocenters. The molecular formula is C13H14N4O. The molecule has 0 saturated carbocycles. The second-order valence-corrected chi connectivity index (χ2v) is 3.74. The van der Waals surface area contributed by atoms with E-state index in [1.165, 1.54) is 18.6 Å². The third-order valence-corrected chi connectivity index (χ3v) is 2.53. The molecule has 0 bridgehead atoms. The molecule has 1 aromatic heterocycles. The summed E-state index contributed by atoms with van der Waals surface area (Å²) in [5, 5.41) is 0. The lowest BCUT2D eigenvalue weighted by Gasteiger charge is -2.20. The Morgan fingerprint density at radius 3 is 2.83 bits per heavy atom. The van der Waals surface area contributed by atoms with Crippen molar-refractivity contribution in [3.8, 4) is 0 Å². The van der Waals surface area contributed by atoms with Gasteiger partial charge in [-0.15, -0.1) is 0 Å². The highest BCUT2D eigenvalue weighted by atomic mass is 16.2. The molecule has 1 amide bonds. The van der Waals surface area contributed by atoms with E-state index in [0.29, 0.717) is 17.9 Å². The Morgan fingerprint density at radius 2 is 2.22 bits per heavy atom. The number of carbonyl (C=O) groups is 1. The van der Waals surface area contributed by atoms with Gasteiger partial charge in [-0.2, -0.15) is 0 Å². The van der Waals surface area contributed by atoms with E-state index in [-0.39, 0.29) is 5.91 Å². The van der Waals surface area contributed by atoms with Crippen molar-refractivity contribution in [2.75, 3.05) is 17.2 Å². The number of anilines is 2. The second-order valence-electron chi connectivity index (χ2n) is 3.74. The van der Waals surface area contributed by atoms with Gasteiger partial charge in [-0.3, -0.25) is 9.78 Å². The minimum atomic E-state index is -0.184. The average Bonchev–Trinajstić information content (AvgIpc) is 2.40. The summed E-state index contributed by atoms with van der Waals surface area (Å²) in [6.45, 7) is 2.44. The zero-order valence-corrected chi connectivity index (χ0v) is 10.1. The molecule has 1 aromatic carbocycles. The number of carbonyl (C=O) groups excluding carboxylic acids is 1. The Balaban J connectivity index is 2.32. The van der Waals surface area contributed by atoms with Crippen LogP contribution in [0.2, 0.25) is 0 Å². The summed E-state index contributed by atoms with van der Waals surface area (Å²) in [4.78, 5) is 21.8. The van der Waals surface area contributed by atoms with Gasteiger partial charge in [0, 0.05) is 30.3 Å². The van der Waals surface area contributed by atoms with E-state index in [1.807, 2.05) is 19.1 Å². The molecule has 1 heterocycles. The molecule has 18 heavy (non-hydrogen) atoms. The number of amides is 1. The molecule has 2 aromatic rings. The molecule has 0 aliphatic rings. The van der Waals surface area contributed by atoms with Crippen LogP contribution in [0.5, 0.6) is 0 Å². The maximum atomic E-state index is 12.3. The number of nitrogen functional groups attached to an aromatic ring is 1. The van der Waals surface area contributed by atoms with Crippen molar-refractivity contribution in [3.05, 3.63) is 48.5 Å². The molecule has 5 nitrogen and oxygen atoms in total. The Kier molecular flexibility index (Phi) is 3.52. The van der Waals surface area contributed by atoms with Crippen molar-refractivity contribution in [1.82, 2.24) is 9.97 Å². The van der Waals surface area contributed by atoms with Crippen LogP contribution in [0.3, 0.4) is 0 Å². The average molecular weight is 242 g/mol. The first-order chi connectivity index (χ1) is 8.72. The lowest BCUT2D eigenvalue weighted by atomic mass is 10.2. The maximum absolute atomic E-state index is 12.3. The van der Waals surface area contributed by atoms with Gasteiger partial charge in [0.05, 0.1) is 6.20 Å². The fourth-order valence-corrected chi connectivity index (χ4v) is 1.68. The molecule has 0 fully saturated rings.